The van der Waals surface area contributed by atoms with Gasteiger partial charge in [-0.2, -0.15) is 0 Å². The average Bonchev–Trinajstić information content (AvgIpc) is 1.81. The Labute approximate surface area is 68.3 Å². The van der Waals surface area contributed by atoms with Gasteiger partial charge < -0.3 is 0 Å². The van der Waals surface area contributed by atoms with Crippen molar-refractivity contribution in [3.63, 3.8) is 0 Å². The molecule has 0 amide bonds. The van der Waals surface area contributed by atoms with Crippen LogP contribution >= 0.6 is 31.9 Å². The fourth-order valence-corrected chi connectivity index (χ4v) is 1.21. The van der Waals surface area contributed by atoms with E-state index in [0.717, 1.165) is 5.33 Å². The molecule has 49 valence electrons. The van der Waals surface area contributed by atoms with Crippen LogP contribution < -0.4 is 0 Å². The molecular weight excluding hydrogens is 232 g/mol. The lowest BCUT2D eigenvalue weighted by Gasteiger charge is -1.92. The van der Waals surface area contributed by atoms with Crippen LogP contribution in [0.3, 0.4) is 0 Å². The normalized spacial score (nSPS) is 9.75. The maximum Gasteiger partial charge on any atom is 0.0271 e. The molecule has 0 unspecified atom stereocenters. The lowest BCUT2D eigenvalue weighted by atomic mass is 10.2. The molecule has 0 aliphatic rings. The number of halogens is 2. The summed E-state index contributed by atoms with van der Waals surface area (Å²) >= 11 is 6.64. The molecule has 1 radical (unpaired) electrons. The van der Waals surface area contributed by atoms with Crippen molar-refractivity contribution < 1.29 is 0 Å². The molecule has 0 aromatic heterocycles. The third-order valence-electron chi connectivity index (χ3n) is 0.947. The number of alkyl halides is 1. The van der Waals surface area contributed by atoms with E-state index in [-0.39, 0.29) is 0 Å². The molecule has 0 nitrogen and oxygen atoms in total. The highest BCUT2D eigenvalue weighted by atomic mass is 79.9. The van der Waals surface area contributed by atoms with E-state index >= 15 is 0 Å². The molecule has 2 heteroatoms. The third kappa shape index (κ3) is 6.96. The molecule has 0 rings (SSSR count). The molecule has 0 spiro atoms. The van der Waals surface area contributed by atoms with Crippen molar-refractivity contribution >= 4 is 31.9 Å². The molecule has 0 saturated carbocycles. The Kier molecular flexibility index (Phi) is 8.92. The SMILES string of the molecule is Br[CH]CCCCCBr. The van der Waals surface area contributed by atoms with Crippen LogP contribution in [-0.4, -0.2) is 5.33 Å². The first-order valence-electron chi connectivity index (χ1n) is 2.89. The second kappa shape index (κ2) is 7.96. The van der Waals surface area contributed by atoms with Gasteiger partial charge in [0.2, 0.25) is 0 Å². The van der Waals surface area contributed by atoms with Gasteiger partial charge in [-0.05, 0) is 12.8 Å². The maximum atomic E-state index is 3.38. The summed E-state index contributed by atoms with van der Waals surface area (Å²) < 4.78 is 0. The predicted molar refractivity (Wildman–Crippen MR) is 45.5 cm³/mol. The van der Waals surface area contributed by atoms with Crippen molar-refractivity contribution in [3.05, 3.63) is 5.33 Å². The number of unbranched alkanes of at least 4 members (excludes halogenated alkanes) is 3. The van der Waals surface area contributed by atoms with Crippen molar-refractivity contribution in [2.45, 2.75) is 25.7 Å². The molecule has 0 aliphatic heterocycles. The first kappa shape index (κ1) is 8.96. The molecule has 0 N–H and O–H groups in total. The van der Waals surface area contributed by atoms with Gasteiger partial charge in [-0.15, -0.1) is 0 Å². The van der Waals surface area contributed by atoms with Crippen LogP contribution in [0, 0.1) is 5.33 Å². The van der Waals surface area contributed by atoms with E-state index in [1.54, 1.807) is 0 Å². The van der Waals surface area contributed by atoms with E-state index in [1.165, 1.54) is 25.7 Å². The Hall–Kier alpha value is 0.960. The lowest BCUT2D eigenvalue weighted by molar-refractivity contribution is 0.732. The third-order valence-corrected chi connectivity index (χ3v) is 1.97. The van der Waals surface area contributed by atoms with Gasteiger partial charge >= 0.3 is 0 Å². The molecule has 0 aliphatic carbocycles. The molecule has 0 heterocycles. The van der Waals surface area contributed by atoms with Crippen molar-refractivity contribution in [3.8, 4) is 0 Å². The predicted octanol–water partition coefficient (Wildman–Crippen LogP) is 3.50. The van der Waals surface area contributed by atoms with Crippen LogP contribution in [0.4, 0.5) is 0 Å². The molecule has 8 heavy (non-hydrogen) atoms. The van der Waals surface area contributed by atoms with E-state index in [1.807, 2.05) is 5.33 Å². The molecule has 0 atom stereocenters. The van der Waals surface area contributed by atoms with E-state index in [2.05, 4.69) is 31.9 Å². The molecule has 0 saturated heterocycles. The summed E-state index contributed by atoms with van der Waals surface area (Å²) in [5.74, 6) is 0. The zero-order valence-corrected chi connectivity index (χ0v) is 8.04. The zero-order chi connectivity index (χ0) is 6.24. The summed E-state index contributed by atoms with van der Waals surface area (Å²) in [6.45, 7) is 0. The second-order valence-electron chi connectivity index (χ2n) is 1.69. The Morgan fingerprint density at radius 1 is 1.12 bits per heavy atom. The lowest BCUT2D eigenvalue weighted by Crippen LogP contribution is -1.75. The van der Waals surface area contributed by atoms with Crippen LogP contribution in [0.15, 0.2) is 0 Å². The van der Waals surface area contributed by atoms with E-state index in [9.17, 15) is 0 Å². The standard InChI is InChI=1S/C6H11Br2/c7-5-3-1-2-4-6-8/h5H,1-4,6H2. The van der Waals surface area contributed by atoms with Crippen LogP contribution in [0.1, 0.15) is 25.7 Å². The second-order valence-corrected chi connectivity index (χ2v) is 3.13. The summed E-state index contributed by atoms with van der Waals surface area (Å²) in [4.78, 5) is 0. The van der Waals surface area contributed by atoms with Gasteiger partial charge in [0.15, 0.2) is 0 Å². The number of rotatable bonds is 5. The fraction of sp³-hybridized carbons (Fsp3) is 0.833. The maximum absolute atomic E-state index is 3.38. The highest BCUT2D eigenvalue weighted by molar-refractivity contribution is 9.10. The summed E-state index contributed by atoms with van der Waals surface area (Å²) in [5, 5.41) is 3.19. The first-order valence-corrected chi connectivity index (χ1v) is 4.93. The van der Waals surface area contributed by atoms with Gasteiger partial charge in [-0.25, -0.2) is 0 Å². The van der Waals surface area contributed by atoms with Gasteiger partial charge in [0.25, 0.3) is 0 Å². The van der Waals surface area contributed by atoms with Gasteiger partial charge in [0.1, 0.15) is 0 Å². The molecule has 0 aromatic rings. The van der Waals surface area contributed by atoms with E-state index < -0.39 is 0 Å². The molecule has 0 bridgehead atoms. The van der Waals surface area contributed by atoms with Gasteiger partial charge in [-0.3, -0.25) is 0 Å². The molecular formula is C6H11Br2. The summed E-state index contributed by atoms with van der Waals surface area (Å²) in [7, 11) is 0. The topological polar surface area (TPSA) is 0 Å². The van der Waals surface area contributed by atoms with Crippen LogP contribution in [0.5, 0.6) is 0 Å². The van der Waals surface area contributed by atoms with Gasteiger partial charge in [0.05, 0.1) is 0 Å². The summed E-state index contributed by atoms with van der Waals surface area (Å²) in [5.41, 5.74) is 0. The smallest absolute Gasteiger partial charge is 0.0271 e. The van der Waals surface area contributed by atoms with Crippen molar-refractivity contribution in [1.82, 2.24) is 0 Å². The zero-order valence-electron chi connectivity index (χ0n) is 4.87. The van der Waals surface area contributed by atoms with E-state index in [0.29, 0.717) is 0 Å². The van der Waals surface area contributed by atoms with E-state index in [4.69, 9.17) is 0 Å². The Morgan fingerprint density at radius 2 is 1.88 bits per heavy atom. The summed E-state index contributed by atoms with van der Waals surface area (Å²) in [6.07, 6.45) is 5.16. The number of hydrogen-bond donors (Lipinski definition) is 0. The van der Waals surface area contributed by atoms with Gasteiger partial charge in [0, 0.05) is 10.7 Å². The Bertz CT molecular complexity index is 31.5. The number of hydrogen-bond acceptors (Lipinski definition) is 0. The van der Waals surface area contributed by atoms with Crippen LogP contribution in [0.25, 0.3) is 0 Å². The van der Waals surface area contributed by atoms with Crippen molar-refractivity contribution in [2.75, 3.05) is 5.33 Å². The van der Waals surface area contributed by atoms with Gasteiger partial charge in [-0.1, -0.05) is 44.7 Å². The molecule has 0 fully saturated rings. The highest BCUT2D eigenvalue weighted by Gasteiger charge is 1.85. The summed E-state index contributed by atoms with van der Waals surface area (Å²) in [6, 6.07) is 0. The average molecular weight is 243 g/mol. The van der Waals surface area contributed by atoms with Crippen molar-refractivity contribution in [1.29, 1.82) is 0 Å². The minimum atomic E-state index is 1.15. The first-order chi connectivity index (χ1) is 3.91. The minimum Gasteiger partial charge on any atom is -0.0928 e. The Morgan fingerprint density at radius 3 is 2.38 bits per heavy atom. The monoisotopic (exact) mass is 241 g/mol. The fourth-order valence-electron chi connectivity index (χ4n) is 0.493. The Balaban J connectivity index is 2.53. The van der Waals surface area contributed by atoms with Crippen LogP contribution in [-0.2, 0) is 0 Å². The van der Waals surface area contributed by atoms with Crippen molar-refractivity contribution in [2.24, 2.45) is 0 Å². The molecule has 0 aromatic carbocycles. The largest absolute Gasteiger partial charge is 0.0928 e. The quantitative estimate of drug-likeness (QED) is 0.512. The minimum absolute atomic E-state index is 1.15. The van der Waals surface area contributed by atoms with Crippen LogP contribution in [0.2, 0.25) is 0 Å². The highest BCUT2D eigenvalue weighted by Crippen LogP contribution is 2.05.